The number of carbonyl (C=O) groups excluding carboxylic acids is 1. The molecule has 5 nitrogen and oxygen atoms in total. The zero-order valence-corrected chi connectivity index (χ0v) is 13.0. The molecule has 0 unspecified atom stereocenters. The highest BCUT2D eigenvalue weighted by Gasteiger charge is 2.43. The highest BCUT2D eigenvalue weighted by Crippen LogP contribution is 2.39. The van der Waals surface area contributed by atoms with Gasteiger partial charge in [-0.15, -0.1) is 0 Å². The number of fused-ring (bicyclic) bond motifs is 1. The van der Waals surface area contributed by atoms with Crippen LogP contribution in [-0.2, 0) is 0 Å². The van der Waals surface area contributed by atoms with Gasteiger partial charge in [0.1, 0.15) is 11.4 Å². The van der Waals surface area contributed by atoms with Crippen molar-refractivity contribution in [1.29, 1.82) is 0 Å². The van der Waals surface area contributed by atoms with Gasteiger partial charge in [-0.2, -0.15) is 0 Å². The summed E-state index contributed by atoms with van der Waals surface area (Å²) >= 11 is 0. The second-order valence-corrected chi connectivity index (χ2v) is 6.53. The standard InChI is InChI=1S/C17H21NO4/c1-11(2)18-7-5-17(6-8-18)10-14(19)13-9-12(16(20)21)3-4-15(13)22-17/h3-4,9,11H,5-8,10H2,1-2H3,(H,20,21). The molecule has 22 heavy (non-hydrogen) atoms. The molecule has 1 aromatic carbocycles. The first-order valence-corrected chi connectivity index (χ1v) is 7.74. The maximum absolute atomic E-state index is 12.5. The van der Waals surface area contributed by atoms with Crippen LogP contribution in [-0.4, -0.2) is 46.5 Å². The molecule has 1 fully saturated rings. The first kappa shape index (κ1) is 15.0. The molecule has 2 aliphatic rings. The fourth-order valence-corrected chi connectivity index (χ4v) is 3.35. The van der Waals surface area contributed by atoms with Crippen LogP contribution in [0.2, 0.25) is 0 Å². The Morgan fingerprint density at radius 2 is 2.00 bits per heavy atom. The molecule has 5 heteroatoms. The van der Waals surface area contributed by atoms with E-state index in [4.69, 9.17) is 9.84 Å². The quantitative estimate of drug-likeness (QED) is 0.909. The number of rotatable bonds is 2. The van der Waals surface area contributed by atoms with E-state index in [0.717, 1.165) is 25.9 Å². The molecule has 0 radical (unpaired) electrons. The average molecular weight is 303 g/mol. The van der Waals surface area contributed by atoms with E-state index < -0.39 is 11.6 Å². The number of carbonyl (C=O) groups is 2. The van der Waals surface area contributed by atoms with Crippen molar-refractivity contribution in [3.63, 3.8) is 0 Å². The predicted octanol–water partition coefficient (Wildman–Crippen LogP) is 2.59. The number of nitrogens with zero attached hydrogens (tertiary/aromatic N) is 1. The van der Waals surface area contributed by atoms with Gasteiger partial charge in [0.15, 0.2) is 5.78 Å². The molecule has 0 aromatic heterocycles. The smallest absolute Gasteiger partial charge is 0.335 e. The minimum Gasteiger partial charge on any atom is -0.486 e. The Morgan fingerprint density at radius 3 is 2.59 bits per heavy atom. The predicted molar refractivity (Wildman–Crippen MR) is 81.7 cm³/mol. The van der Waals surface area contributed by atoms with Gasteiger partial charge in [0.25, 0.3) is 0 Å². The Kier molecular flexibility index (Phi) is 3.68. The number of hydrogen-bond acceptors (Lipinski definition) is 4. The van der Waals surface area contributed by atoms with Crippen molar-refractivity contribution < 1.29 is 19.4 Å². The maximum atomic E-state index is 12.5. The molecular formula is C17H21NO4. The van der Waals surface area contributed by atoms with Crippen molar-refractivity contribution in [2.45, 2.75) is 44.8 Å². The number of ether oxygens (including phenoxy) is 1. The first-order valence-electron chi connectivity index (χ1n) is 7.74. The van der Waals surface area contributed by atoms with Crippen LogP contribution in [0.25, 0.3) is 0 Å². The van der Waals surface area contributed by atoms with Crippen molar-refractivity contribution in [3.05, 3.63) is 29.3 Å². The van der Waals surface area contributed by atoms with Crippen molar-refractivity contribution in [2.24, 2.45) is 0 Å². The molecule has 1 saturated heterocycles. The van der Waals surface area contributed by atoms with Crippen molar-refractivity contribution >= 4 is 11.8 Å². The van der Waals surface area contributed by atoms with E-state index in [1.165, 1.54) is 12.1 Å². The summed E-state index contributed by atoms with van der Waals surface area (Å²) in [5.41, 5.74) is 0.110. The van der Waals surface area contributed by atoms with E-state index in [9.17, 15) is 9.59 Å². The van der Waals surface area contributed by atoms with Gasteiger partial charge >= 0.3 is 5.97 Å². The molecule has 2 heterocycles. The number of piperidine rings is 1. The lowest BCUT2D eigenvalue weighted by molar-refractivity contribution is -0.0153. The Balaban J connectivity index is 1.83. The SMILES string of the molecule is CC(C)N1CCC2(CC1)CC(=O)c1cc(C(=O)O)ccc1O2. The van der Waals surface area contributed by atoms with E-state index in [-0.39, 0.29) is 11.3 Å². The van der Waals surface area contributed by atoms with Crippen molar-refractivity contribution in [2.75, 3.05) is 13.1 Å². The van der Waals surface area contributed by atoms with Crippen LogP contribution in [0.3, 0.4) is 0 Å². The van der Waals surface area contributed by atoms with Crippen LogP contribution >= 0.6 is 0 Å². The van der Waals surface area contributed by atoms with Crippen LogP contribution in [0.15, 0.2) is 18.2 Å². The molecule has 2 aliphatic heterocycles. The molecule has 1 N–H and O–H groups in total. The van der Waals surface area contributed by atoms with E-state index in [1.54, 1.807) is 6.07 Å². The minimum absolute atomic E-state index is 0.0117. The second kappa shape index (κ2) is 5.39. The summed E-state index contributed by atoms with van der Waals surface area (Å²) in [6, 6.07) is 5.04. The lowest BCUT2D eigenvalue weighted by Gasteiger charge is -2.45. The number of ketones is 1. The number of aromatic carboxylic acids is 1. The Morgan fingerprint density at radius 1 is 1.32 bits per heavy atom. The number of carboxylic acids is 1. The van der Waals surface area contributed by atoms with E-state index >= 15 is 0 Å². The molecule has 118 valence electrons. The van der Waals surface area contributed by atoms with Crippen LogP contribution < -0.4 is 4.74 Å². The van der Waals surface area contributed by atoms with Crippen molar-refractivity contribution in [1.82, 2.24) is 4.90 Å². The van der Waals surface area contributed by atoms with Crippen LogP contribution in [0.4, 0.5) is 0 Å². The summed E-state index contributed by atoms with van der Waals surface area (Å²) in [7, 11) is 0. The third kappa shape index (κ3) is 2.61. The highest BCUT2D eigenvalue weighted by atomic mass is 16.5. The molecular weight excluding hydrogens is 282 g/mol. The highest BCUT2D eigenvalue weighted by molar-refractivity contribution is 6.02. The summed E-state index contributed by atoms with van der Waals surface area (Å²) in [6.45, 7) is 6.20. The minimum atomic E-state index is -1.03. The van der Waals surface area contributed by atoms with Gasteiger partial charge in [-0.25, -0.2) is 4.79 Å². The zero-order chi connectivity index (χ0) is 15.9. The fourth-order valence-electron chi connectivity index (χ4n) is 3.35. The number of benzene rings is 1. The molecule has 0 saturated carbocycles. The fraction of sp³-hybridized carbons (Fsp3) is 0.529. The monoisotopic (exact) mass is 303 g/mol. The van der Waals surface area contributed by atoms with Crippen molar-refractivity contribution in [3.8, 4) is 5.75 Å². The third-order valence-electron chi connectivity index (χ3n) is 4.78. The summed E-state index contributed by atoms with van der Waals surface area (Å²) in [5.74, 6) is -0.511. The summed E-state index contributed by atoms with van der Waals surface area (Å²) in [4.78, 5) is 25.9. The molecule has 1 aromatic rings. The third-order valence-corrected chi connectivity index (χ3v) is 4.78. The van der Waals surface area contributed by atoms with Crippen LogP contribution in [0, 0.1) is 0 Å². The van der Waals surface area contributed by atoms with Gasteiger partial charge in [0.2, 0.25) is 0 Å². The summed E-state index contributed by atoms with van der Waals surface area (Å²) in [6.07, 6.45) is 2.00. The van der Waals surface area contributed by atoms with Gasteiger partial charge in [0.05, 0.1) is 17.5 Å². The van der Waals surface area contributed by atoms with Gasteiger partial charge in [-0.3, -0.25) is 4.79 Å². The van der Waals surface area contributed by atoms with E-state index in [0.29, 0.717) is 23.8 Å². The normalized spacial score (nSPS) is 20.8. The number of Topliss-reactive ketones (excluding diaryl/α,β-unsaturated/α-hetero) is 1. The molecule has 0 atom stereocenters. The van der Waals surface area contributed by atoms with Crippen LogP contribution in [0.5, 0.6) is 5.75 Å². The van der Waals surface area contributed by atoms with E-state index in [2.05, 4.69) is 18.7 Å². The topological polar surface area (TPSA) is 66.8 Å². The molecule has 0 bridgehead atoms. The number of hydrogen-bond donors (Lipinski definition) is 1. The Hall–Kier alpha value is -1.88. The summed E-state index contributed by atoms with van der Waals surface area (Å²) in [5, 5.41) is 9.04. The van der Waals surface area contributed by atoms with Gasteiger partial charge < -0.3 is 14.7 Å². The van der Waals surface area contributed by atoms with Gasteiger partial charge in [-0.1, -0.05) is 0 Å². The second-order valence-electron chi connectivity index (χ2n) is 6.53. The average Bonchev–Trinajstić information content (AvgIpc) is 2.47. The van der Waals surface area contributed by atoms with Gasteiger partial charge in [-0.05, 0) is 32.0 Å². The molecule has 0 amide bonds. The van der Waals surface area contributed by atoms with Gasteiger partial charge in [0, 0.05) is 32.0 Å². The Labute approximate surface area is 129 Å². The Bertz CT molecular complexity index is 615. The number of carboxylic acid groups (broad SMARTS) is 1. The maximum Gasteiger partial charge on any atom is 0.335 e. The zero-order valence-electron chi connectivity index (χ0n) is 13.0. The lowest BCUT2D eigenvalue weighted by Crippen LogP contribution is -2.52. The lowest BCUT2D eigenvalue weighted by atomic mass is 9.82. The van der Waals surface area contributed by atoms with E-state index in [1.807, 2.05) is 0 Å². The molecule has 0 aliphatic carbocycles. The number of likely N-dealkylation sites (tertiary alicyclic amines) is 1. The molecule has 1 spiro atoms. The summed E-state index contributed by atoms with van der Waals surface area (Å²) < 4.78 is 6.15. The molecule has 3 rings (SSSR count). The first-order chi connectivity index (χ1) is 10.4. The largest absolute Gasteiger partial charge is 0.486 e. The van der Waals surface area contributed by atoms with Crippen LogP contribution in [0.1, 0.15) is 53.8 Å².